The molecule has 0 aliphatic rings. The lowest BCUT2D eigenvalue weighted by Crippen LogP contribution is -2.15. The van der Waals surface area contributed by atoms with E-state index in [4.69, 9.17) is 0 Å². The highest BCUT2D eigenvalue weighted by Gasteiger charge is 1.96. The van der Waals surface area contributed by atoms with E-state index in [-0.39, 0.29) is 0 Å². The first-order valence-corrected chi connectivity index (χ1v) is 5.99. The van der Waals surface area contributed by atoms with Crippen LogP contribution >= 0.6 is 0 Å². The highest BCUT2D eigenvalue weighted by atomic mass is 15.3. The molecular formula is C12H19N5. The Kier molecular flexibility index (Phi) is 4.32. The van der Waals surface area contributed by atoms with Gasteiger partial charge in [-0.2, -0.15) is 5.10 Å². The smallest absolute Gasteiger partial charge is 0.0945 e. The van der Waals surface area contributed by atoms with E-state index >= 15 is 0 Å². The van der Waals surface area contributed by atoms with Crippen molar-refractivity contribution >= 4 is 0 Å². The van der Waals surface area contributed by atoms with Crippen LogP contribution in [0.5, 0.6) is 0 Å². The van der Waals surface area contributed by atoms with Crippen molar-refractivity contribution in [1.29, 1.82) is 0 Å². The van der Waals surface area contributed by atoms with E-state index in [1.807, 2.05) is 42.7 Å². The molecule has 0 aromatic carbocycles. The fraction of sp³-hybridized carbons (Fsp3) is 0.500. The van der Waals surface area contributed by atoms with E-state index in [2.05, 4.69) is 20.0 Å². The Morgan fingerprint density at radius 1 is 1.29 bits per heavy atom. The van der Waals surface area contributed by atoms with E-state index < -0.39 is 0 Å². The molecule has 5 heteroatoms. The van der Waals surface area contributed by atoms with Gasteiger partial charge in [0.2, 0.25) is 0 Å². The molecule has 1 N–H and O–H groups in total. The number of hydrogen-bond donors (Lipinski definition) is 1. The molecule has 2 heterocycles. The molecule has 0 aliphatic carbocycles. The Morgan fingerprint density at radius 3 is 2.94 bits per heavy atom. The van der Waals surface area contributed by atoms with Crippen LogP contribution in [0, 0.1) is 0 Å². The third-order valence-electron chi connectivity index (χ3n) is 2.65. The minimum atomic E-state index is 0.853. The van der Waals surface area contributed by atoms with Gasteiger partial charge in [-0.3, -0.25) is 4.68 Å². The van der Waals surface area contributed by atoms with E-state index in [9.17, 15) is 0 Å². The molecule has 2 aromatic heterocycles. The third kappa shape index (κ3) is 4.03. The number of nitrogens with zero attached hydrogens (tertiary/aromatic N) is 4. The standard InChI is InChI=1S/C12H19N5/c1-16-8-4-12(15-16)10-13-5-2-3-7-17-9-6-14-11-17/h4,6,8-9,11,13H,2-3,5,7,10H2,1H3. The van der Waals surface area contributed by atoms with E-state index in [0.29, 0.717) is 0 Å². The van der Waals surface area contributed by atoms with E-state index in [1.165, 1.54) is 12.8 Å². The van der Waals surface area contributed by atoms with E-state index in [1.54, 1.807) is 0 Å². The molecule has 92 valence electrons. The summed E-state index contributed by atoms with van der Waals surface area (Å²) in [5.74, 6) is 0. The van der Waals surface area contributed by atoms with E-state index in [0.717, 1.165) is 25.3 Å². The summed E-state index contributed by atoms with van der Waals surface area (Å²) in [6, 6.07) is 2.04. The Labute approximate surface area is 101 Å². The molecular weight excluding hydrogens is 214 g/mol. The highest BCUT2D eigenvalue weighted by Crippen LogP contribution is 1.96. The van der Waals surface area contributed by atoms with Gasteiger partial charge in [0, 0.05) is 38.7 Å². The maximum atomic E-state index is 4.31. The zero-order valence-electron chi connectivity index (χ0n) is 10.2. The second kappa shape index (κ2) is 6.20. The van der Waals surface area contributed by atoms with Gasteiger partial charge in [-0.05, 0) is 25.5 Å². The number of imidazole rings is 1. The summed E-state index contributed by atoms with van der Waals surface area (Å²) in [6.07, 6.45) is 9.99. The minimum absolute atomic E-state index is 0.853. The molecule has 0 radical (unpaired) electrons. The van der Waals surface area contributed by atoms with Gasteiger partial charge < -0.3 is 9.88 Å². The van der Waals surface area contributed by atoms with Crippen molar-refractivity contribution in [2.45, 2.75) is 25.9 Å². The molecule has 2 rings (SSSR count). The van der Waals surface area contributed by atoms with Crippen molar-refractivity contribution in [1.82, 2.24) is 24.6 Å². The zero-order chi connectivity index (χ0) is 11.9. The van der Waals surface area contributed by atoms with Crippen molar-refractivity contribution in [3.8, 4) is 0 Å². The van der Waals surface area contributed by atoms with Crippen molar-refractivity contribution in [3.63, 3.8) is 0 Å². The number of nitrogens with one attached hydrogen (secondary N) is 1. The SMILES string of the molecule is Cn1ccc(CNCCCCn2ccnc2)n1. The molecule has 0 spiro atoms. The number of aryl methyl sites for hydroxylation is 2. The molecule has 0 atom stereocenters. The van der Waals surface area contributed by atoms with Crippen LogP contribution in [0.2, 0.25) is 0 Å². The van der Waals surface area contributed by atoms with Crippen LogP contribution in [0.25, 0.3) is 0 Å². The number of hydrogen-bond acceptors (Lipinski definition) is 3. The predicted octanol–water partition coefficient (Wildman–Crippen LogP) is 1.19. The first kappa shape index (κ1) is 11.9. The summed E-state index contributed by atoms with van der Waals surface area (Å²) in [6.45, 7) is 2.93. The highest BCUT2D eigenvalue weighted by molar-refractivity contribution is 4.97. The van der Waals surface area contributed by atoms with Crippen LogP contribution in [0.4, 0.5) is 0 Å². The second-order valence-corrected chi connectivity index (χ2v) is 4.17. The lowest BCUT2D eigenvalue weighted by atomic mass is 10.3. The monoisotopic (exact) mass is 233 g/mol. The first-order chi connectivity index (χ1) is 8.34. The fourth-order valence-electron chi connectivity index (χ4n) is 1.74. The lowest BCUT2D eigenvalue weighted by Gasteiger charge is -2.03. The molecule has 0 saturated heterocycles. The van der Waals surface area contributed by atoms with Gasteiger partial charge >= 0.3 is 0 Å². The summed E-state index contributed by atoms with van der Waals surface area (Å²) in [7, 11) is 1.94. The molecule has 0 saturated carbocycles. The van der Waals surface area contributed by atoms with Gasteiger partial charge in [-0.15, -0.1) is 0 Å². The van der Waals surface area contributed by atoms with Gasteiger partial charge in [0.05, 0.1) is 12.0 Å². The molecule has 17 heavy (non-hydrogen) atoms. The van der Waals surface area contributed by atoms with Gasteiger partial charge in [0.15, 0.2) is 0 Å². The third-order valence-corrected chi connectivity index (χ3v) is 2.65. The van der Waals surface area contributed by atoms with Crippen molar-refractivity contribution in [2.24, 2.45) is 7.05 Å². The molecule has 0 aliphatic heterocycles. The summed E-state index contributed by atoms with van der Waals surface area (Å²) in [5, 5.41) is 7.71. The van der Waals surface area contributed by atoms with Gasteiger partial charge in [0.1, 0.15) is 0 Å². The van der Waals surface area contributed by atoms with Gasteiger partial charge in [-0.25, -0.2) is 4.98 Å². The maximum absolute atomic E-state index is 4.31. The van der Waals surface area contributed by atoms with Crippen LogP contribution in [0.3, 0.4) is 0 Å². The number of aromatic nitrogens is 4. The van der Waals surface area contributed by atoms with Crippen molar-refractivity contribution in [3.05, 3.63) is 36.7 Å². The average molecular weight is 233 g/mol. The summed E-state index contributed by atoms with van der Waals surface area (Å²) >= 11 is 0. The molecule has 0 unspecified atom stereocenters. The van der Waals surface area contributed by atoms with Crippen LogP contribution < -0.4 is 5.32 Å². The summed E-state index contributed by atoms with van der Waals surface area (Å²) in [5.41, 5.74) is 1.10. The van der Waals surface area contributed by atoms with Crippen LogP contribution in [0.1, 0.15) is 18.5 Å². The Bertz CT molecular complexity index is 418. The second-order valence-electron chi connectivity index (χ2n) is 4.17. The first-order valence-electron chi connectivity index (χ1n) is 5.99. The predicted molar refractivity (Wildman–Crippen MR) is 66.4 cm³/mol. The van der Waals surface area contributed by atoms with Crippen molar-refractivity contribution < 1.29 is 0 Å². The number of rotatable bonds is 7. The zero-order valence-corrected chi connectivity index (χ0v) is 10.2. The molecule has 0 amide bonds. The molecule has 5 nitrogen and oxygen atoms in total. The quantitative estimate of drug-likeness (QED) is 0.731. The summed E-state index contributed by atoms with van der Waals surface area (Å²) < 4.78 is 3.94. The number of unbranched alkanes of at least 4 members (excludes halogenated alkanes) is 1. The Hall–Kier alpha value is -1.62. The molecule has 2 aromatic rings. The Morgan fingerprint density at radius 2 is 2.24 bits per heavy atom. The Balaban J connectivity index is 1.52. The molecule has 0 fully saturated rings. The van der Waals surface area contributed by atoms with Crippen molar-refractivity contribution in [2.75, 3.05) is 6.54 Å². The largest absolute Gasteiger partial charge is 0.337 e. The van der Waals surface area contributed by atoms with Crippen LogP contribution in [-0.4, -0.2) is 25.9 Å². The minimum Gasteiger partial charge on any atom is -0.337 e. The topological polar surface area (TPSA) is 47.7 Å². The maximum Gasteiger partial charge on any atom is 0.0945 e. The molecule has 0 bridgehead atoms. The van der Waals surface area contributed by atoms with Gasteiger partial charge in [0.25, 0.3) is 0 Å². The average Bonchev–Trinajstić information content (AvgIpc) is 2.95. The normalized spacial score (nSPS) is 10.9. The summed E-state index contributed by atoms with van der Waals surface area (Å²) in [4.78, 5) is 4.02. The van der Waals surface area contributed by atoms with Crippen LogP contribution in [-0.2, 0) is 20.1 Å². The van der Waals surface area contributed by atoms with Gasteiger partial charge in [-0.1, -0.05) is 0 Å². The fourth-order valence-corrected chi connectivity index (χ4v) is 1.74. The van der Waals surface area contributed by atoms with Crippen LogP contribution in [0.15, 0.2) is 31.0 Å². The lowest BCUT2D eigenvalue weighted by molar-refractivity contribution is 0.563.